The van der Waals surface area contributed by atoms with Crippen LogP contribution in [0, 0.1) is 0 Å². The second kappa shape index (κ2) is 4.47. The molecule has 78 valence electrons. The highest BCUT2D eigenvalue weighted by molar-refractivity contribution is 7.90. The van der Waals surface area contributed by atoms with Gasteiger partial charge in [0.15, 0.2) is 0 Å². The van der Waals surface area contributed by atoms with E-state index in [-0.39, 0.29) is 11.8 Å². The van der Waals surface area contributed by atoms with Gasteiger partial charge in [-0.25, -0.2) is 18.4 Å². The van der Waals surface area contributed by atoms with Gasteiger partial charge in [-0.15, -0.1) is 0 Å². The Labute approximate surface area is 83.5 Å². The van der Waals surface area contributed by atoms with Crippen molar-refractivity contribution in [2.75, 3.05) is 19.1 Å². The third kappa shape index (κ3) is 3.39. The van der Waals surface area contributed by atoms with E-state index in [1.54, 1.807) is 19.4 Å². The normalized spacial score (nSPS) is 13.9. The Bertz CT molecular complexity index is 377. The molecule has 6 heteroatoms. The van der Waals surface area contributed by atoms with Crippen LogP contribution in [0.1, 0.15) is 11.6 Å². The zero-order chi connectivity index (χ0) is 10.6. The molecular formula is C8H13N3O2S. The van der Waals surface area contributed by atoms with Crippen molar-refractivity contribution in [1.29, 1.82) is 0 Å². The van der Waals surface area contributed by atoms with Gasteiger partial charge in [-0.3, -0.25) is 0 Å². The fourth-order valence-electron chi connectivity index (χ4n) is 1.14. The fraction of sp³-hybridized carbons (Fsp3) is 0.500. The van der Waals surface area contributed by atoms with E-state index >= 15 is 0 Å². The molecule has 0 saturated heterocycles. The van der Waals surface area contributed by atoms with Crippen molar-refractivity contribution in [2.24, 2.45) is 0 Å². The van der Waals surface area contributed by atoms with Crippen LogP contribution in [-0.2, 0) is 9.84 Å². The summed E-state index contributed by atoms with van der Waals surface area (Å²) in [4.78, 5) is 7.68. The highest BCUT2D eigenvalue weighted by Gasteiger charge is 2.15. The molecule has 0 bridgehead atoms. The maximum Gasteiger partial charge on any atom is 0.149 e. The van der Waals surface area contributed by atoms with Crippen LogP contribution in [0.25, 0.3) is 0 Å². The van der Waals surface area contributed by atoms with E-state index in [9.17, 15) is 8.42 Å². The standard InChI is InChI=1S/C8H13N3O2S/c1-9-8(5-14(2,12)13)7-3-10-6-11-4-7/h3-4,6,8-9H,5H2,1-2H3. The van der Waals surface area contributed by atoms with Crippen LogP contribution in [0.4, 0.5) is 0 Å². The summed E-state index contributed by atoms with van der Waals surface area (Å²) in [6.07, 6.45) is 5.84. The first-order chi connectivity index (χ1) is 6.53. The van der Waals surface area contributed by atoms with Gasteiger partial charge < -0.3 is 5.32 Å². The molecule has 0 saturated carbocycles. The molecule has 5 nitrogen and oxygen atoms in total. The van der Waals surface area contributed by atoms with Crippen LogP contribution in [0.15, 0.2) is 18.7 Å². The number of hydrogen-bond acceptors (Lipinski definition) is 5. The number of rotatable bonds is 4. The molecule has 0 aliphatic heterocycles. The molecule has 1 atom stereocenters. The first kappa shape index (κ1) is 11.1. The van der Waals surface area contributed by atoms with Crippen LogP contribution >= 0.6 is 0 Å². The monoisotopic (exact) mass is 215 g/mol. The molecule has 0 amide bonds. The van der Waals surface area contributed by atoms with Gasteiger partial charge >= 0.3 is 0 Å². The Morgan fingerprint density at radius 1 is 1.43 bits per heavy atom. The molecular weight excluding hydrogens is 202 g/mol. The highest BCUT2D eigenvalue weighted by Crippen LogP contribution is 2.11. The van der Waals surface area contributed by atoms with Crippen molar-refractivity contribution >= 4 is 9.84 Å². The van der Waals surface area contributed by atoms with Crippen LogP contribution in [0.2, 0.25) is 0 Å². The molecule has 1 aromatic rings. The first-order valence-electron chi connectivity index (χ1n) is 4.13. The van der Waals surface area contributed by atoms with Gasteiger partial charge in [-0.1, -0.05) is 0 Å². The number of nitrogens with zero attached hydrogens (tertiary/aromatic N) is 2. The molecule has 0 aromatic carbocycles. The molecule has 0 spiro atoms. The van der Waals surface area contributed by atoms with Crippen LogP contribution in [-0.4, -0.2) is 37.4 Å². The third-order valence-corrected chi connectivity index (χ3v) is 2.74. The molecule has 1 rings (SSSR count). The van der Waals surface area contributed by atoms with E-state index in [2.05, 4.69) is 15.3 Å². The number of nitrogens with one attached hydrogen (secondary N) is 1. The minimum absolute atomic E-state index is 0.0525. The van der Waals surface area contributed by atoms with Crippen LogP contribution < -0.4 is 5.32 Å². The van der Waals surface area contributed by atoms with E-state index in [0.29, 0.717) is 0 Å². The summed E-state index contributed by atoms with van der Waals surface area (Å²) in [5.41, 5.74) is 0.778. The van der Waals surface area contributed by atoms with E-state index in [1.807, 2.05) is 0 Å². The Balaban J connectivity index is 2.84. The molecule has 0 fully saturated rings. The molecule has 0 radical (unpaired) electrons. The molecule has 0 aliphatic carbocycles. The summed E-state index contributed by atoms with van der Waals surface area (Å²) in [7, 11) is -1.29. The Kier molecular flexibility index (Phi) is 3.54. The molecule has 1 N–H and O–H groups in total. The van der Waals surface area contributed by atoms with Gasteiger partial charge in [0.2, 0.25) is 0 Å². The van der Waals surface area contributed by atoms with Gasteiger partial charge in [0.25, 0.3) is 0 Å². The fourth-order valence-corrected chi connectivity index (χ4v) is 2.10. The number of sulfone groups is 1. The summed E-state index contributed by atoms with van der Waals surface area (Å²) >= 11 is 0. The summed E-state index contributed by atoms with van der Waals surface area (Å²) < 4.78 is 22.2. The van der Waals surface area contributed by atoms with Crippen LogP contribution in [0.3, 0.4) is 0 Å². The van der Waals surface area contributed by atoms with Gasteiger partial charge in [0.1, 0.15) is 16.2 Å². The molecule has 1 heterocycles. The van der Waals surface area contributed by atoms with Crippen molar-refractivity contribution in [2.45, 2.75) is 6.04 Å². The zero-order valence-electron chi connectivity index (χ0n) is 8.14. The lowest BCUT2D eigenvalue weighted by Crippen LogP contribution is -2.24. The molecule has 1 unspecified atom stereocenters. The first-order valence-corrected chi connectivity index (χ1v) is 6.19. The van der Waals surface area contributed by atoms with Gasteiger partial charge in [-0.2, -0.15) is 0 Å². The van der Waals surface area contributed by atoms with Crippen molar-refractivity contribution in [3.05, 3.63) is 24.3 Å². The SMILES string of the molecule is CNC(CS(C)(=O)=O)c1cncnc1. The summed E-state index contributed by atoms with van der Waals surface area (Å²) in [6.45, 7) is 0. The lowest BCUT2D eigenvalue weighted by atomic mass is 10.2. The molecule has 0 aliphatic rings. The van der Waals surface area contributed by atoms with Gasteiger partial charge in [-0.05, 0) is 7.05 Å². The Morgan fingerprint density at radius 3 is 2.43 bits per heavy atom. The van der Waals surface area contributed by atoms with Gasteiger partial charge in [0.05, 0.1) is 5.75 Å². The predicted octanol–water partition coefficient (Wildman–Crippen LogP) is -0.218. The average molecular weight is 215 g/mol. The molecule has 14 heavy (non-hydrogen) atoms. The second-order valence-electron chi connectivity index (χ2n) is 3.11. The topological polar surface area (TPSA) is 72.0 Å². The maximum atomic E-state index is 11.1. The largest absolute Gasteiger partial charge is 0.312 e. The average Bonchev–Trinajstić information content (AvgIpc) is 2.14. The van der Waals surface area contributed by atoms with E-state index < -0.39 is 9.84 Å². The molecule has 1 aromatic heterocycles. The lowest BCUT2D eigenvalue weighted by molar-refractivity contribution is 0.578. The van der Waals surface area contributed by atoms with Crippen molar-refractivity contribution in [1.82, 2.24) is 15.3 Å². The minimum Gasteiger partial charge on any atom is -0.312 e. The summed E-state index contributed by atoms with van der Waals surface area (Å²) in [6, 6.07) is -0.244. The summed E-state index contributed by atoms with van der Waals surface area (Å²) in [5.74, 6) is 0.0525. The zero-order valence-corrected chi connectivity index (χ0v) is 8.95. The maximum absolute atomic E-state index is 11.1. The van der Waals surface area contributed by atoms with E-state index in [4.69, 9.17) is 0 Å². The lowest BCUT2D eigenvalue weighted by Gasteiger charge is -2.13. The minimum atomic E-state index is -3.00. The highest BCUT2D eigenvalue weighted by atomic mass is 32.2. The quantitative estimate of drug-likeness (QED) is 0.752. The predicted molar refractivity (Wildman–Crippen MR) is 53.5 cm³/mol. The van der Waals surface area contributed by atoms with E-state index in [1.165, 1.54) is 12.6 Å². The Morgan fingerprint density at radius 2 is 2.00 bits per heavy atom. The van der Waals surface area contributed by atoms with Crippen molar-refractivity contribution < 1.29 is 8.42 Å². The number of hydrogen-bond donors (Lipinski definition) is 1. The summed E-state index contributed by atoms with van der Waals surface area (Å²) in [5, 5.41) is 2.92. The second-order valence-corrected chi connectivity index (χ2v) is 5.29. The third-order valence-electron chi connectivity index (χ3n) is 1.80. The van der Waals surface area contributed by atoms with E-state index in [0.717, 1.165) is 5.56 Å². The van der Waals surface area contributed by atoms with Crippen LogP contribution in [0.5, 0.6) is 0 Å². The number of aromatic nitrogens is 2. The smallest absolute Gasteiger partial charge is 0.149 e. The van der Waals surface area contributed by atoms with Crippen molar-refractivity contribution in [3.63, 3.8) is 0 Å². The van der Waals surface area contributed by atoms with Crippen molar-refractivity contribution in [3.8, 4) is 0 Å². The van der Waals surface area contributed by atoms with Gasteiger partial charge in [0, 0.05) is 30.3 Å². The Hall–Kier alpha value is -1.01.